The van der Waals surface area contributed by atoms with Crippen LogP contribution < -0.4 is 14.8 Å². The van der Waals surface area contributed by atoms with Gasteiger partial charge in [0.15, 0.2) is 11.5 Å². The molecule has 1 N–H and O–H groups in total. The zero-order valence-electron chi connectivity index (χ0n) is 14.0. The van der Waals surface area contributed by atoms with E-state index >= 15 is 0 Å². The summed E-state index contributed by atoms with van der Waals surface area (Å²) in [7, 11) is 0. The average molecular weight is 343 g/mol. The molecule has 0 fully saturated rings. The number of hydrogen-bond acceptors (Lipinski definition) is 3. The Balaban J connectivity index is 1.50. The molecule has 0 unspecified atom stereocenters. The highest BCUT2D eigenvalue weighted by Gasteiger charge is 2.12. The Morgan fingerprint density at radius 3 is 2.54 bits per heavy atom. The van der Waals surface area contributed by atoms with Crippen molar-refractivity contribution in [2.24, 2.45) is 0 Å². The fraction of sp³-hybridized carbons (Fsp3) is 0.0455. The first-order chi connectivity index (χ1) is 12.8. The number of hydrogen-bond donors (Lipinski definition) is 1. The van der Waals surface area contributed by atoms with E-state index in [1.54, 1.807) is 6.08 Å². The molecule has 1 aliphatic rings. The van der Waals surface area contributed by atoms with Crippen LogP contribution in [0, 0.1) is 0 Å². The molecule has 0 saturated heterocycles. The minimum Gasteiger partial charge on any atom is -0.454 e. The van der Waals surface area contributed by atoms with Crippen molar-refractivity contribution in [3.05, 3.63) is 84.4 Å². The lowest BCUT2D eigenvalue weighted by molar-refractivity contribution is -0.111. The van der Waals surface area contributed by atoms with Crippen LogP contribution in [-0.4, -0.2) is 12.7 Å². The first-order valence-electron chi connectivity index (χ1n) is 8.33. The molecule has 4 nitrogen and oxygen atoms in total. The number of fused-ring (bicyclic) bond motifs is 1. The van der Waals surface area contributed by atoms with Crippen LogP contribution in [0.2, 0.25) is 0 Å². The van der Waals surface area contributed by atoms with Crippen LogP contribution in [0.5, 0.6) is 11.5 Å². The van der Waals surface area contributed by atoms with Gasteiger partial charge in [-0.3, -0.25) is 4.79 Å². The first-order valence-corrected chi connectivity index (χ1v) is 8.33. The molecule has 1 amide bonds. The second-order valence-electron chi connectivity index (χ2n) is 5.85. The van der Waals surface area contributed by atoms with Crippen molar-refractivity contribution < 1.29 is 14.3 Å². The number of rotatable bonds is 4. The van der Waals surface area contributed by atoms with E-state index in [1.165, 1.54) is 6.08 Å². The van der Waals surface area contributed by atoms with E-state index in [0.29, 0.717) is 5.75 Å². The number of anilines is 1. The van der Waals surface area contributed by atoms with Gasteiger partial charge in [-0.25, -0.2) is 0 Å². The third-order valence-electron chi connectivity index (χ3n) is 4.09. The molecule has 4 rings (SSSR count). The van der Waals surface area contributed by atoms with Crippen molar-refractivity contribution in [1.29, 1.82) is 0 Å². The Labute approximate surface area is 151 Å². The van der Waals surface area contributed by atoms with E-state index in [0.717, 1.165) is 28.1 Å². The molecule has 0 spiro atoms. The number of para-hydroxylation sites is 1. The number of nitrogens with one attached hydrogen (secondary N) is 1. The van der Waals surface area contributed by atoms with Gasteiger partial charge >= 0.3 is 0 Å². The van der Waals surface area contributed by atoms with Crippen LogP contribution in [0.4, 0.5) is 5.69 Å². The minimum absolute atomic E-state index is 0.189. The molecule has 0 aromatic heterocycles. The van der Waals surface area contributed by atoms with E-state index in [2.05, 4.69) is 5.32 Å². The molecule has 1 aliphatic heterocycles. The van der Waals surface area contributed by atoms with Gasteiger partial charge < -0.3 is 14.8 Å². The zero-order chi connectivity index (χ0) is 17.8. The summed E-state index contributed by atoms with van der Waals surface area (Å²) in [4.78, 5) is 12.3. The summed E-state index contributed by atoms with van der Waals surface area (Å²) in [6, 6.07) is 23.3. The molecule has 0 radical (unpaired) electrons. The van der Waals surface area contributed by atoms with Crippen LogP contribution >= 0.6 is 0 Å². The minimum atomic E-state index is -0.189. The summed E-state index contributed by atoms with van der Waals surface area (Å²) < 4.78 is 10.6. The molecule has 0 atom stereocenters. The largest absolute Gasteiger partial charge is 0.454 e. The lowest BCUT2D eigenvalue weighted by Crippen LogP contribution is -2.08. The Hall–Kier alpha value is -3.53. The van der Waals surface area contributed by atoms with Crippen molar-refractivity contribution in [1.82, 2.24) is 0 Å². The quantitative estimate of drug-likeness (QED) is 0.697. The molecule has 3 aromatic rings. The molecular formula is C22H17NO3. The Morgan fingerprint density at radius 1 is 0.885 bits per heavy atom. The third-order valence-corrected chi connectivity index (χ3v) is 4.09. The van der Waals surface area contributed by atoms with Gasteiger partial charge in [-0.2, -0.15) is 0 Å². The van der Waals surface area contributed by atoms with Crippen LogP contribution in [-0.2, 0) is 4.79 Å². The molecule has 0 aliphatic carbocycles. The van der Waals surface area contributed by atoms with Gasteiger partial charge in [-0.1, -0.05) is 54.6 Å². The molecule has 0 saturated carbocycles. The Morgan fingerprint density at radius 2 is 1.65 bits per heavy atom. The summed E-state index contributed by atoms with van der Waals surface area (Å²) in [6.45, 7) is 0.235. The summed E-state index contributed by atoms with van der Waals surface area (Å²) >= 11 is 0. The molecule has 0 bridgehead atoms. The number of carbonyl (C=O) groups is 1. The number of amides is 1. The highest BCUT2D eigenvalue weighted by Crippen LogP contribution is 2.33. The van der Waals surface area contributed by atoms with Crippen LogP contribution in [0.1, 0.15) is 5.56 Å². The van der Waals surface area contributed by atoms with Crippen LogP contribution in [0.15, 0.2) is 78.9 Å². The number of benzene rings is 3. The van der Waals surface area contributed by atoms with Gasteiger partial charge in [0.2, 0.25) is 12.7 Å². The van der Waals surface area contributed by atoms with Crippen molar-refractivity contribution >= 4 is 17.7 Å². The molecule has 128 valence electrons. The van der Waals surface area contributed by atoms with Crippen molar-refractivity contribution in [3.8, 4) is 22.6 Å². The summed E-state index contributed by atoms with van der Waals surface area (Å²) in [5.41, 5.74) is 3.70. The standard InChI is InChI=1S/C22H17NO3/c24-22(13-11-16-10-12-20-21(14-16)26-15-25-20)23-19-9-5-4-8-18(19)17-6-2-1-3-7-17/h1-14H,15H2,(H,23,24)/b13-11+. The van der Waals surface area contributed by atoms with Crippen LogP contribution in [0.25, 0.3) is 17.2 Å². The van der Waals surface area contributed by atoms with Gasteiger partial charge in [0.1, 0.15) is 0 Å². The fourth-order valence-corrected chi connectivity index (χ4v) is 2.82. The van der Waals surface area contributed by atoms with Crippen molar-refractivity contribution in [2.75, 3.05) is 12.1 Å². The van der Waals surface area contributed by atoms with E-state index in [1.807, 2.05) is 72.8 Å². The topological polar surface area (TPSA) is 47.6 Å². The maximum Gasteiger partial charge on any atom is 0.248 e. The molecular weight excluding hydrogens is 326 g/mol. The maximum atomic E-state index is 12.3. The molecule has 26 heavy (non-hydrogen) atoms. The molecule has 3 aromatic carbocycles. The first kappa shape index (κ1) is 16.0. The van der Waals surface area contributed by atoms with Gasteiger partial charge in [0.05, 0.1) is 0 Å². The monoisotopic (exact) mass is 343 g/mol. The average Bonchev–Trinajstić information content (AvgIpc) is 3.15. The van der Waals surface area contributed by atoms with E-state index < -0.39 is 0 Å². The van der Waals surface area contributed by atoms with Gasteiger partial charge in [-0.15, -0.1) is 0 Å². The lowest BCUT2D eigenvalue weighted by Gasteiger charge is -2.10. The maximum absolute atomic E-state index is 12.3. The molecule has 4 heteroatoms. The second-order valence-corrected chi connectivity index (χ2v) is 5.85. The van der Waals surface area contributed by atoms with E-state index in [9.17, 15) is 4.79 Å². The predicted octanol–water partition coefficient (Wildman–Crippen LogP) is 4.73. The lowest BCUT2D eigenvalue weighted by atomic mass is 10.0. The van der Waals surface area contributed by atoms with Gasteiger partial charge in [-0.05, 0) is 35.4 Å². The van der Waals surface area contributed by atoms with Gasteiger partial charge in [0.25, 0.3) is 0 Å². The van der Waals surface area contributed by atoms with Gasteiger partial charge in [0, 0.05) is 17.3 Å². The number of carbonyl (C=O) groups excluding carboxylic acids is 1. The van der Waals surface area contributed by atoms with E-state index in [4.69, 9.17) is 9.47 Å². The predicted molar refractivity (Wildman–Crippen MR) is 102 cm³/mol. The summed E-state index contributed by atoms with van der Waals surface area (Å²) in [6.07, 6.45) is 3.27. The smallest absolute Gasteiger partial charge is 0.248 e. The third kappa shape index (κ3) is 3.44. The second kappa shape index (κ2) is 7.15. The number of ether oxygens (including phenoxy) is 2. The zero-order valence-corrected chi connectivity index (χ0v) is 14.0. The normalized spacial score (nSPS) is 12.3. The fourth-order valence-electron chi connectivity index (χ4n) is 2.82. The SMILES string of the molecule is O=C(/C=C/c1ccc2c(c1)OCO2)Nc1ccccc1-c1ccccc1. The Kier molecular flexibility index (Phi) is 4.39. The molecule has 1 heterocycles. The van der Waals surface area contributed by atoms with Crippen LogP contribution in [0.3, 0.4) is 0 Å². The highest BCUT2D eigenvalue weighted by molar-refractivity contribution is 6.04. The summed E-state index contributed by atoms with van der Waals surface area (Å²) in [5.74, 6) is 1.23. The Bertz CT molecular complexity index is 964. The van der Waals surface area contributed by atoms with Crippen molar-refractivity contribution in [2.45, 2.75) is 0 Å². The summed E-state index contributed by atoms with van der Waals surface area (Å²) in [5, 5.41) is 2.95. The van der Waals surface area contributed by atoms with E-state index in [-0.39, 0.29) is 12.7 Å². The highest BCUT2D eigenvalue weighted by atomic mass is 16.7. The van der Waals surface area contributed by atoms with Crippen molar-refractivity contribution in [3.63, 3.8) is 0 Å².